The number of carboxylic acid groups (broad SMARTS) is 1. The molecule has 0 bridgehead atoms. The first kappa shape index (κ1) is 16.7. The summed E-state index contributed by atoms with van der Waals surface area (Å²) in [5.74, 6) is -2.09. The first-order valence-electron chi connectivity index (χ1n) is 5.91. The number of aliphatic carboxylic acids is 1. The maximum atomic E-state index is 12.3. The zero-order valence-corrected chi connectivity index (χ0v) is 13.1. The van der Waals surface area contributed by atoms with Gasteiger partial charge in [-0.25, -0.2) is 0 Å². The van der Waals surface area contributed by atoms with E-state index in [2.05, 4.69) is 15.9 Å². The number of carbonyl (C=O) groups is 2. The highest BCUT2D eigenvalue weighted by Gasteiger charge is 2.49. The van der Waals surface area contributed by atoms with Crippen LogP contribution in [0.3, 0.4) is 0 Å². The number of halogens is 2. The number of benzene rings is 1. The smallest absolute Gasteiger partial charge is 0.328 e. The molecule has 1 atom stereocenters. The Balaban J connectivity index is 3.48. The quantitative estimate of drug-likeness (QED) is 0.622. The molecule has 0 aliphatic heterocycles. The number of esters is 1. The lowest BCUT2D eigenvalue weighted by Gasteiger charge is -2.27. The number of carbonyl (C=O) groups excluding carboxylic acids is 1. The molecule has 20 heavy (non-hydrogen) atoms. The van der Waals surface area contributed by atoms with Crippen molar-refractivity contribution in [2.75, 3.05) is 6.61 Å². The van der Waals surface area contributed by atoms with Crippen molar-refractivity contribution in [2.24, 2.45) is 0 Å². The van der Waals surface area contributed by atoms with Crippen molar-refractivity contribution in [3.63, 3.8) is 0 Å². The van der Waals surface area contributed by atoms with E-state index in [9.17, 15) is 14.7 Å². The number of carboxylic acids is 1. The van der Waals surface area contributed by atoms with Gasteiger partial charge in [0.15, 0.2) is 5.41 Å². The third kappa shape index (κ3) is 3.22. The van der Waals surface area contributed by atoms with E-state index in [-0.39, 0.29) is 13.0 Å². The molecule has 4 nitrogen and oxygen atoms in total. The van der Waals surface area contributed by atoms with Gasteiger partial charge in [0.1, 0.15) is 0 Å². The Morgan fingerprint density at radius 1 is 1.45 bits per heavy atom. The van der Waals surface area contributed by atoms with E-state index in [4.69, 9.17) is 16.3 Å². The number of ether oxygens (including phenoxy) is 1. The lowest BCUT2D eigenvalue weighted by atomic mass is 9.77. The number of rotatable bonds is 6. The number of hydrogen-bond acceptors (Lipinski definition) is 3. The molecule has 1 aromatic carbocycles. The van der Waals surface area contributed by atoms with Crippen molar-refractivity contribution in [1.82, 2.24) is 0 Å². The molecule has 0 saturated heterocycles. The maximum Gasteiger partial charge on any atom is 0.328 e. The molecule has 108 valence electrons. The molecule has 1 aromatic rings. The number of allylic oxidation sites excluding steroid dienone is 1. The van der Waals surface area contributed by atoms with Crippen molar-refractivity contribution in [3.05, 3.63) is 45.9 Å². The lowest BCUT2D eigenvalue weighted by molar-refractivity contribution is -0.161. The largest absolute Gasteiger partial charge is 0.480 e. The predicted molar refractivity (Wildman–Crippen MR) is 79.7 cm³/mol. The molecule has 0 aliphatic carbocycles. The molecule has 0 amide bonds. The molecule has 0 spiro atoms. The van der Waals surface area contributed by atoms with Gasteiger partial charge in [0.25, 0.3) is 0 Å². The van der Waals surface area contributed by atoms with Crippen molar-refractivity contribution in [2.45, 2.75) is 18.8 Å². The molecule has 1 rings (SSSR count). The zero-order chi connectivity index (χ0) is 15.2. The molecular weight excluding hydrogens is 348 g/mol. The van der Waals surface area contributed by atoms with Crippen LogP contribution in [0.4, 0.5) is 0 Å². The van der Waals surface area contributed by atoms with E-state index in [1.54, 1.807) is 31.2 Å². The third-order valence-electron chi connectivity index (χ3n) is 2.84. The molecule has 6 heteroatoms. The molecule has 1 unspecified atom stereocenters. The predicted octanol–water partition coefficient (Wildman–Crippen LogP) is 3.48. The Bertz CT molecular complexity index is 530. The topological polar surface area (TPSA) is 63.6 Å². The third-order valence-corrected chi connectivity index (χ3v) is 3.71. The van der Waals surface area contributed by atoms with Gasteiger partial charge in [-0.05, 0) is 25.0 Å². The SMILES string of the molecule is CCOC(=O)C(C/C=C/Cl)(C(=O)O)c1ccccc1Br. The van der Waals surface area contributed by atoms with E-state index >= 15 is 0 Å². The van der Waals surface area contributed by atoms with Gasteiger partial charge in [0.05, 0.1) is 6.61 Å². The van der Waals surface area contributed by atoms with Gasteiger partial charge in [-0.1, -0.05) is 51.8 Å². The maximum absolute atomic E-state index is 12.3. The first-order valence-corrected chi connectivity index (χ1v) is 7.14. The summed E-state index contributed by atoms with van der Waals surface area (Å²) < 4.78 is 5.48. The fraction of sp³-hybridized carbons (Fsp3) is 0.286. The molecule has 0 radical (unpaired) electrons. The highest BCUT2D eigenvalue weighted by atomic mass is 79.9. The normalized spacial score (nSPS) is 13.9. The van der Waals surface area contributed by atoms with E-state index in [1.807, 2.05) is 0 Å². The van der Waals surface area contributed by atoms with Gasteiger partial charge in [-0.15, -0.1) is 0 Å². The Morgan fingerprint density at radius 2 is 2.10 bits per heavy atom. The van der Waals surface area contributed by atoms with Crippen LogP contribution in [0.5, 0.6) is 0 Å². The Kier molecular flexibility index (Phi) is 6.23. The summed E-state index contributed by atoms with van der Waals surface area (Å²) in [5.41, 5.74) is -0.296. The molecule has 0 heterocycles. The van der Waals surface area contributed by atoms with Crippen molar-refractivity contribution in [3.8, 4) is 0 Å². The fourth-order valence-electron chi connectivity index (χ4n) is 1.88. The molecule has 0 aliphatic rings. The van der Waals surface area contributed by atoms with Gasteiger partial charge < -0.3 is 9.84 Å². The minimum Gasteiger partial charge on any atom is -0.480 e. The first-order chi connectivity index (χ1) is 9.50. The Labute approximate surface area is 130 Å². The van der Waals surface area contributed by atoms with Gasteiger partial charge in [0.2, 0.25) is 0 Å². The lowest BCUT2D eigenvalue weighted by Crippen LogP contribution is -2.45. The highest BCUT2D eigenvalue weighted by molar-refractivity contribution is 9.10. The molecule has 1 N–H and O–H groups in total. The number of hydrogen-bond donors (Lipinski definition) is 1. The Morgan fingerprint density at radius 3 is 2.60 bits per heavy atom. The second kappa shape index (κ2) is 7.45. The highest BCUT2D eigenvalue weighted by Crippen LogP contribution is 2.36. The summed E-state index contributed by atoms with van der Waals surface area (Å²) in [6, 6.07) is 6.66. The fourth-order valence-corrected chi connectivity index (χ4v) is 2.59. The van der Waals surface area contributed by atoms with Crippen molar-refractivity contribution < 1.29 is 19.4 Å². The van der Waals surface area contributed by atoms with E-state index in [0.29, 0.717) is 10.0 Å². The van der Waals surface area contributed by atoms with Crippen LogP contribution in [-0.2, 0) is 19.7 Å². The van der Waals surface area contributed by atoms with E-state index in [0.717, 1.165) is 0 Å². The zero-order valence-electron chi connectivity index (χ0n) is 10.8. The second-order valence-corrected chi connectivity index (χ2v) is 5.08. The van der Waals surface area contributed by atoms with Gasteiger partial charge in [0, 0.05) is 10.0 Å². The van der Waals surface area contributed by atoms with Crippen molar-refractivity contribution in [1.29, 1.82) is 0 Å². The summed E-state index contributed by atoms with van der Waals surface area (Å²) >= 11 is 8.77. The summed E-state index contributed by atoms with van der Waals surface area (Å²) in [4.78, 5) is 24.1. The summed E-state index contributed by atoms with van der Waals surface area (Å²) in [7, 11) is 0. The molecule has 0 aromatic heterocycles. The molecular formula is C14H14BrClO4. The van der Waals surface area contributed by atoms with Crippen molar-refractivity contribution >= 4 is 39.5 Å². The van der Waals surface area contributed by atoms with Crippen LogP contribution in [0.25, 0.3) is 0 Å². The van der Waals surface area contributed by atoms with Gasteiger partial charge in [-0.2, -0.15) is 0 Å². The van der Waals surface area contributed by atoms with Crippen LogP contribution >= 0.6 is 27.5 Å². The average Bonchev–Trinajstić information content (AvgIpc) is 2.41. The summed E-state index contributed by atoms with van der Waals surface area (Å²) in [5, 5.41) is 9.63. The summed E-state index contributed by atoms with van der Waals surface area (Å²) in [6.45, 7) is 1.73. The molecule has 0 saturated carbocycles. The van der Waals surface area contributed by atoms with Crippen LogP contribution in [0.1, 0.15) is 18.9 Å². The Hall–Kier alpha value is -1.33. The van der Waals surface area contributed by atoms with E-state index < -0.39 is 17.4 Å². The van der Waals surface area contributed by atoms with Crippen LogP contribution in [0, 0.1) is 0 Å². The standard InChI is InChI=1S/C14H14BrClO4/c1-2-20-13(19)14(12(17)18,8-5-9-16)10-6-3-4-7-11(10)15/h3-7,9H,2,8H2,1H3,(H,17,18)/b9-5+. The van der Waals surface area contributed by atoms with Crippen LogP contribution in [-0.4, -0.2) is 23.7 Å². The second-order valence-electron chi connectivity index (χ2n) is 3.98. The van der Waals surface area contributed by atoms with Gasteiger partial charge in [-0.3, -0.25) is 9.59 Å². The van der Waals surface area contributed by atoms with Gasteiger partial charge >= 0.3 is 11.9 Å². The average molecular weight is 362 g/mol. The van der Waals surface area contributed by atoms with Crippen LogP contribution < -0.4 is 0 Å². The summed E-state index contributed by atoms with van der Waals surface area (Å²) in [6.07, 6.45) is 1.33. The van der Waals surface area contributed by atoms with E-state index in [1.165, 1.54) is 11.6 Å². The minimum absolute atomic E-state index is 0.0900. The monoisotopic (exact) mass is 360 g/mol. The van der Waals surface area contributed by atoms with Crippen LogP contribution in [0.2, 0.25) is 0 Å². The minimum atomic E-state index is -1.82. The van der Waals surface area contributed by atoms with Crippen LogP contribution in [0.15, 0.2) is 40.3 Å². The molecule has 0 fully saturated rings.